The zero-order valence-electron chi connectivity index (χ0n) is 8.08. The number of nitriles is 1. The molecule has 0 aliphatic heterocycles. The Bertz CT molecular complexity index is 429. The summed E-state index contributed by atoms with van der Waals surface area (Å²) in [6, 6.07) is 8.00. The highest BCUT2D eigenvalue weighted by Crippen LogP contribution is 2.47. The first kappa shape index (κ1) is 9.02. The SMILES string of the molecule is Bc1cc(C=O)cc(C2(C#N)CC2)c1. The number of rotatable bonds is 2. The molecule has 0 amide bonds. The monoisotopic (exact) mass is 183 g/mol. The molecule has 3 heteroatoms. The minimum atomic E-state index is -0.288. The van der Waals surface area contributed by atoms with E-state index in [2.05, 4.69) is 6.07 Å². The smallest absolute Gasteiger partial charge is 0.150 e. The second-order valence-corrected chi connectivity index (χ2v) is 3.94. The Morgan fingerprint density at radius 1 is 1.43 bits per heavy atom. The Hall–Kier alpha value is -1.56. The molecule has 0 unspecified atom stereocenters. The highest BCUT2D eigenvalue weighted by atomic mass is 16.1. The molecule has 0 heterocycles. The minimum absolute atomic E-state index is 0.288. The molecule has 1 aromatic rings. The van der Waals surface area contributed by atoms with Crippen LogP contribution in [0, 0.1) is 11.3 Å². The van der Waals surface area contributed by atoms with Crippen LogP contribution >= 0.6 is 0 Å². The summed E-state index contributed by atoms with van der Waals surface area (Å²) >= 11 is 0. The number of carbonyl (C=O) groups excluding carboxylic acids is 1. The predicted octanol–water partition coefficient (Wildman–Crippen LogP) is 0.313. The van der Waals surface area contributed by atoms with Crippen LogP contribution in [-0.4, -0.2) is 14.1 Å². The van der Waals surface area contributed by atoms with E-state index in [1.54, 1.807) is 0 Å². The molecule has 1 fully saturated rings. The third-order valence-electron chi connectivity index (χ3n) is 2.75. The zero-order chi connectivity index (χ0) is 10.2. The Kier molecular flexibility index (Phi) is 1.92. The van der Waals surface area contributed by atoms with Gasteiger partial charge in [0.25, 0.3) is 0 Å². The van der Waals surface area contributed by atoms with E-state index in [-0.39, 0.29) is 5.41 Å². The van der Waals surface area contributed by atoms with Crippen molar-refractivity contribution in [2.75, 3.05) is 0 Å². The van der Waals surface area contributed by atoms with Gasteiger partial charge in [0.15, 0.2) is 0 Å². The fourth-order valence-electron chi connectivity index (χ4n) is 1.75. The van der Waals surface area contributed by atoms with Crippen LogP contribution in [0.1, 0.15) is 28.8 Å². The van der Waals surface area contributed by atoms with Crippen molar-refractivity contribution < 1.29 is 4.79 Å². The van der Waals surface area contributed by atoms with E-state index >= 15 is 0 Å². The van der Waals surface area contributed by atoms with Gasteiger partial charge in [-0.3, -0.25) is 4.79 Å². The van der Waals surface area contributed by atoms with Gasteiger partial charge < -0.3 is 0 Å². The van der Waals surface area contributed by atoms with Gasteiger partial charge in [0, 0.05) is 5.56 Å². The third kappa shape index (κ3) is 1.33. The quantitative estimate of drug-likeness (QED) is 0.489. The summed E-state index contributed by atoms with van der Waals surface area (Å²) in [6.07, 6.45) is 2.68. The minimum Gasteiger partial charge on any atom is -0.298 e. The van der Waals surface area contributed by atoms with Crippen molar-refractivity contribution in [2.24, 2.45) is 0 Å². The summed E-state index contributed by atoms with van der Waals surface area (Å²) < 4.78 is 0. The topological polar surface area (TPSA) is 40.9 Å². The number of benzene rings is 1. The van der Waals surface area contributed by atoms with E-state index in [0.717, 1.165) is 30.2 Å². The molecule has 0 atom stereocenters. The van der Waals surface area contributed by atoms with Crippen LogP contribution in [0.2, 0.25) is 0 Å². The highest BCUT2D eigenvalue weighted by molar-refractivity contribution is 6.32. The molecule has 1 aromatic carbocycles. The summed E-state index contributed by atoms with van der Waals surface area (Å²) in [5.41, 5.74) is 2.43. The molecule has 0 radical (unpaired) electrons. The number of nitrogens with zero attached hydrogens (tertiary/aromatic N) is 1. The van der Waals surface area contributed by atoms with E-state index < -0.39 is 0 Å². The van der Waals surface area contributed by atoms with Crippen LogP contribution in [0.4, 0.5) is 0 Å². The average Bonchev–Trinajstić information content (AvgIpc) is 2.97. The van der Waals surface area contributed by atoms with Gasteiger partial charge in [0.1, 0.15) is 14.1 Å². The number of aldehydes is 1. The van der Waals surface area contributed by atoms with Crippen molar-refractivity contribution >= 4 is 19.6 Å². The summed E-state index contributed by atoms with van der Waals surface area (Å²) in [6.45, 7) is 0. The molecule has 14 heavy (non-hydrogen) atoms. The fraction of sp³-hybridized carbons (Fsp3) is 0.273. The molecule has 1 aliphatic rings. The Morgan fingerprint density at radius 2 is 2.14 bits per heavy atom. The van der Waals surface area contributed by atoms with Gasteiger partial charge >= 0.3 is 0 Å². The molecule has 2 rings (SSSR count). The number of hydrogen-bond acceptors (Lipinski definition) is 2. The van der Waals surface area contributed by atoms with Crippen LogP contribution in [0.3, 0.4) is 0 Å². The van der Waals surface area contributed by atoms with E-state index in [0.29, 0.717) is 5.56 Å². The van der Waals surface area contributed by atoms with Crippen molar-refractivity contribution in [3.8, 4) is 6.07 Å². The summed E-state index contributed by atoms with van der Waals surface area (Å²) in [5, 5.41) is 9.03. The molecular weight excluding hydrogens is 173 g/mol. The summed E-state index contributed by atoms with van der Waals surface area (Å²) in [7, 11) is 1.95. The second kappa shape index (κ2) is 2.99. The second-order valence-electron chi connectivity index (χ2n) is 3.94. The predicted molar refractivity (Wildman–Crippen MR) is 56.5 cm³/mol. The van der Waals surface area contributed by atoms with E-state index in [4.69, 9.17) is 5.26 Å². The maximum Gasteiger partial charge on any atom is 0.150 e. The molecule has 0 spiro atoms. The number of carbonyl (C=O) groups is 1. The Balaban J connectivity index is 2.50. The molecule has 0 aromatic heterocycles. The van der Waals surface area contributed by atoms with Gasteiger partial charge in [0.2, 0.25) is 0 Å². The highest BCUT2D eigenvalue weighted by Gasteiger charge is 2.44. The first-order valence-corrected chi connectivity index (χ1v) is 4.69. The first-order valence-electron chi connectivity index (χ1n) is 4.69. The van der Waals surface area contributed by atoms with Crippen LogP contribution < -0.4 is 5.46 Å². The van der Waals surface area contributed by atoms with Gasteiger partial charge in [0.05, 0.1) is 11.5 Å². The Labute approximate surface area is 84.0 Å². The largest absolute Gasteiger partial charge is 0.298 e. The van der Waals surface area contributed by atoms with Crippen molar-refractivity contribution in [1.29, 1.82) is 5.26 Å². The van der Waals surface area contributed by atoms with Crippen LogP contribution in [0.5, 0.6) is 0 Å². The van der Waals surface area contributed by atoms with Gasteiger partial charge in [-0.1, -0.05) is 17.6 Å². The van der Waals surface area contributed by atoms with Crippen LogP contribution in [0.25, 0.3) is 0 Å². The molecule has 68 valence electrons. The van der Waals surface area contributed by atoms with Crippen LogP contribution in [0.15, 0.2) is 18.2 Å². The normalized spacial score (nSPS) is 17.1. The molecule has 2 nitrogen and oxygen atoms in total. The maximum atomic E-state index is 10.7. The average molecular weight is 183 g/mol. The molecule has 1 aliphatic carbocycles. The number of hydrogen-bond donors (Lipinski definition) is 0. The molecule has 0 saturated heterocycles. The summed E-state index contributed by atoms with van der Waals surface area (Å²) in [4.78, 5) is 10.7. The lowest BCUT2D eigenvalue weighted by atomic mass is 9.87. The standard InChI is InChI=1S/C11H10BNO/c12-10-4-8(6-14)3-9(5-10)11(7-13)1-2-11/h3-6H,1-2,12H2. The summed E-state index contributed by atoms with van der Waals surface area (Å²) in [5.74, 6) is 0. The molecule has 1 saturated carbocycles. The van der Waals surface area contributed by atoms with Crippen molar-refractivity contribution in [1.82, 2.24) is 0 Å². The zero-order valence-corrected chi connectivity index (χ0v) is 8.08. The van der Waals surface area contributed by atoms with Crippen molar-refractivity contribution in [2.45, 2.75) is 18.3 Å². The van der Waals surface area contributed by atoms with Gasteiger partial charge in [-0.25, -0.2) is 0 Å². The third-order valence-corrected chi connectivity index (χ3v) is 2.75. The fourth-order valence-corrected chi connectivity index (χ4v) is 1.75. The van der Waals surface area contributed by atoms with Gasteiger partial charge in [-0.2, -0.15) is 5.26 Å². The Morgan fingerprint density at radius 3 is 2.64 bits per heavy atom. The molecule has 0 bridgehead atoms. The molecule has 0 N–H and O–H groups in total. The maximum absolute atomic E-state index is 10.7. The van der Waals surface area contributed by atoms with Gasteiger partial charge in [-0.05, 0) is 24.5 Å². The lowest BCUT2D eigenvalue weighted by Gasteiger charge is -2.08. The van der Waals surface area contributed by atoms with E-state index in [1.165, 1.54) is 0 Å². The lowest BCUT2D eigenvalue weighted by Crippen LogP contribution is -2.11. The first-order chi connectivity index (χ1) is 6.70. The van der Waals surface area contributed by atoms with Crippen molar-refractivity contribution in [3.63, 3.8) is 0 Å². The van der Waals surface area contributed by atoms with Crippen LogP contribution in [-0.2, 0) is 5.41 Å². The van der Waals surface area contributed by atoms with E-state index in [9.17, 15) is 4.79 Å². The van der Waals surface area contributed by atoms with Crippen molar-refractivity contribution in [3.05, 3.63) is 29.3 Å². The lowest BCUT2D eigenvalue weighted by molar-refractivity contribution is 0.112. The van der Waals surface area contributed by atoms with E-state index in [1.807, 2.05) is 26.0 Å². The molecular formula is C11H10BNO. The van der Waals surface area contributed by atoms with Gasteiger partial charge in [-0.15, -0.1) is 0 Å².